The lowest BCUT2D eigenvalue weighted by atomic mass is 10.1. The maximum absolute atomic E-state index is 12.9. The van der Waals surface area contributed by atoms with Gasteiger partial charge in [-0.05, 0) is 80.8 Å². The molecule has 43 heavy (non-hydrogen) atoms. The van der Waals surface area contributed by atoms with Gasteiger partial charge in [-0.25, -0.2) is 4.98 Å². The quantitative estimate of drug-likeness (QED) is 0.0966. The van der Waals surface area contributed by atoms with Gasteiger partial charge in [0.25, 0.3) is 5.91 Å². The largest absolute Gasteiger partial charge is 0.494 e. The van der Waals surface area contributed by atoms with Crippen LogP contribution in [-0.4, -0.2) is 29.2 Å². The molecule has 0 aliphatic heterocycles. The number of nitrogens with one attached hydrogen (secondary N) is 2. The predicted molar refractivity (Wildman–Crippen MR) is 182 cm³/mol. The van der Waals surface area contributed by atoms with Gasteiger partial charge in [0.15, 0.2) is 4.34 Å². The molecule has 1 heterocycles. The second-order valence-electron chi connectivity index (χ2n) is 11.1. The summed E-state index contributed by atoms with van der Waals surface area (Å²) in [5.41, 5.74) is 6.30. The van der Waals surface area contributed by atoms with E-state index in [1.165, 1.54) is 73.6 Å². The number of aryl methyl sites for hydroxylation is 3. The molecule has 228 valence electrons. The Labute approximate surface area is 264 Å². The maximum Gasteiger partial charge on any atom is 0.255 e. The molecule has 2 amide bonds. The number of carbonyl (C=O) groups is 2. The smallest absolute Gasteiger partial charge is 0.255 e. The third-order valence-electron chi connectivity index (χ3n) is 7.28. The first-order valence-corrected chi connectivity index (χ1v) is 17.1. The highest BCUT2D eigenvalue weighted by Crippen LogP contribution is 2.32. The molecule has 0 saturated heterocycles. The van der Waals surface area contributed by atoms with E-state index in [1.54, 1.807) is 12.1 Å². The van der Waals surface area contributed by atoms with Gasteiger partial charge >= 0.3 is 0 Å². The topological polar surface area (TPSA) is 80.3 Å². The molecule has 2 N–H and O–H groups in total. The minimum absolute atomic E-state index is 0.0585. The predicted octanol–water partition coefficient (Wildman–Crippen LogP) is 9.72. The summed E-state index contributed by atoms with van der Waals surface area (Å²) < 4.78 is 7.64. The summed E-state index contributed by atoms with van der Waals surface area (Å²) in [5, 5.41) is 6.03. The summed E-state index contributed by atoms with van der Waals surface area (Å²) in [5.74, 6) is 0.825. The van der Waals surface area contributed by atoms with E-state index in [0.717, 1.165) is 43.5 Å². The molecule has 0 spiro atoms. The summed E-state index contributed by atoms with van der Waals surface area (Å²) in [7, 11) is 0. The number of thioether (sulfide) groups is 1. The fraction of sp³-hybridized carbons (Fsp3) is 0.400. The number of fused-ring (bicyclic) bond motifs is 1. The van der Waals surface area contributed by atoms with E-state index in [0.29, 0.717) is 17.9 Å². The number of thiazole rings is 1. The molecule has 8 heteroatoms. The Kier molecular flexibility index (Phi) is 12.5. The van der Waals surface area contributed by atoms with Crippen LogP contribution in [0.2, 0.25) is 0 Å². The molecule has 0 saturated carbocycles. The zero-order chi connectivity index (χ0) is 30.6. The van der Waals surface area contributed by atoms with Crippen LogP contribution in [0.25, 0.3) is 10.2 Å². The Morgan fingerprint density at radius 2 is 1.51 bits per heavy atom. The Hall–Kier alpha value is -3.36. The first-order chi connectivity index (χ1) is 20.8. The molecule has 4 rings (SSSR count). The van der Waals surface area contributed by atoms with Crippen LogP contribution in [0, 0.1) is 20.8 Å². The number of rotatable bonds is 16. The number of benzene rings is 3. The molecule has 3 aromatic carbocycles. The number of ether oxygens (including phenoxy) is 1. The average molecular weight is 618 g/mol. The third-order valence-corrected chi connectivity index (χ3v) is 9.44. The molecule has 0 atom stereocenters. The molecule has 0 aliphatic carbocycles. The number of nitrogens with zero attached hydrogens (tertiary/aromatic N) is 1. The fourth-order valence-corrected chi connectivity index (χ4v) is 6.96. The van der Waals surface area contributed by atoms with Crippen LogP contribution >= 0.6 is 23.1 Å². The molecular formula is C35H43N3O3S2. The molecule has 0 aliphatic rings. The first-order valence-electron chi connectivity index (χ1n) is 15.3. The van der Waals surface area contributed by atoms with Gasteiger partial charge < -0.3 is 15.4 Å². The average Bonchev–Trinajstić information content (AvgIpc) is 3.39. The van der Waals surface area contributed by atoms with Gasteiger partial charge in [0, 0.05) is 16.9 Å². The van der Waals surface area contributed by atoms with Crippen molar-refractivity contribution in [1.82, 2.24) is 4.98 Å². The molecule has 0 bridgehead atoms. The lowest BCUT2D eigenvalue weighted by molar-refractivity contribution is -0.113. The SMILES string of the molecule is CCCCCCCCCCOc1ccc(C(=O)Nc2ccc3nc(SCC(=O)Nc4c(C)cc(C)cc4C)sc3c2)cc1. The monoisotopic (exact) mass is 617 g/mol. The highest BCUT2D eigenvalue weighted by Gasteiger charge is 2.13. The molecule has 6 nitrogen and oxygen atoms in total. The Morgan fingerprint density at radius 3 is 2.21 bits per heavy atom. The van der Waals surface area contributed by atoms with Gasteiger partial charge in [-0.15, -0.1) is 11.3 Å². The third kappa shape index (κ3) is 10.1. The van der Waals surface area contributed by atoms with Gasteiger partial charge in [-0.3, -0.25) is 9.59 Å². The van der Waals surface area contributed by atoms with E-state index in [4.69, 9.17) is 4.74 Å². The van der Waals surface area contributed by atoms with Crippen molar-refractivity contribution in [3.63, 3.8) is 0 Å². The number of aromatic nitrogens is 1. The van der Waals surface area contributed by atoms with Crippen LogP contribution in [0.5, 0.6) is 5.75 Å². The summed E-state index contributed by atoms with van der Waals surface area (Å²) >= 11 is 2.93. The first kappa shape index (κ1) is 32.6. The van der Waals surface area contributed by atoms with E-state index in [-0.39, 0.29) is 17.6 Å². The van der Waals surface area contributed by atoms with Crippen LogP contribution < -0.4 is 15.4 Å². The van der Waals surface area contributed by atoms with Crippen molar-refractivity contribution in [3.05, 3.63) is 76.9 Å². The molecule has 4 aromatic rings. The second kappa shape index (κ2) is 16.5. The minimum Gasteiger partial charge on any atom is -0.494 e. The Balaban J connectivity index is 1.22. The van der Waals surface area contributed by atoms with E-state index in [1.807, 2.05) is 44.2 Å². The molecule has 0 radical (unpaired) electrons. The normalized spacial score (nSPS) is 11.1. The lowest BCUT2D eigenvalue weighted by Crippen LogP contribution is -2.15. The van der Waals surface area contributed by atoms with Crippen molar-refractivity contribution in [2.45, 2.75) is 83.4 Å². The molecule has 0 unspecified atom stereocenters. The molecular weight excluding hydrogens is 575 g/mol. The van der Waals surface area contributed by atoms with Crippen LogP contribution in [-0.2, 0) is 4.79 Å². The van der Waals surface area contributed by atoms with Crippen LogP contribution in [0.3, 0.4) is 0 Å². The number of hydrogen-bond acceptors (Lipinski definition) is 6. The van der Waals surface area contributed by atoms with E-state index in [2.05, 4.69) is 41.6 Å². The number of amides is 2. The highest BCUT2D eigenvalue weighted by molar-refractivity contribution is 8.01. The van der Waals surface area contributed by atoms with Gasteiger partial charge in [-0.2, -0.15) is 0 Å². The van der Waals surface area contributed by atoms with Gasteiger partial charge in [0.1, 0.15) is 5.75 Å². The highest BCUT2D eigenvalue weighted by atomic mass is 32.2. The van der Waals surface area contributed by atoms with E-state index in [9.17, 15) is 9.59 Å². The van der Waals surface area contributed by atoms with Gasteiger partial charge in [0.05, 0.1) is 22.6 Å². The summed E-state index contributed by atoms with van der Waals surface area (Å²) in [6, 6.07) is 17.1. The van der Waals surface area contributed by atoms with Crippen molar-refractivity contribution in [1.29, 1.82) is 0 Å². The van der Waals surface area contributed by atoms with Crippen LogP contribution in [0.15, 0.2) is 58.9 Å². The number of carbonyl (C=O) groups excluding carboxylic acids is 2. The minimum atomic E-state index is -0.175. The van der Waals surface area contributed by atoms with Crippen molar-refractivity contribution in [2.75, 3.05) is 23.0 Å². The zero-order valence-corrected chi connectivity index (χ0v) is 27.4. The van der Waals surface area contributed by atoms with Crippen molar-refractivity contribution < 1.29 is 14.3 Å². The lowest BCUT2D eigenvalue weighted by Gasteiger charge is -2.12. The zero-order valence-electron chi connectivity index (χ0n) is 25.8. The van der Waals surface area contributed by atoms with Crippen LogP contribution in [0.4, 0.5) is 11.4 Å². The summed E-state index contributed by atoms with van der Waals surface area (Å²) in [6.07, 6.45) is 10.1. The molecule has 0 fully saturated rings. The van der Waals surface area contributed by atoms with E-state index >= 15 is 0 Å². The number of hydrogen-bond donors (Lipinski definition) is 2. The Bertz CT molecular complexity index is 1490. The summed E-state index contributed by atoms with van der Waals surface area (Å²) in [4.78, 5) is 30.2. The number of anilines is 2. The van der Waals surface area contributed by atoms with Crippen molar-refractivity contribution in [2.24, 2.45) is 0 Å². The standard InChI is InChI=1S/C35H43N3O3S2/c1-5-6-7-8-9-10-11-12-19-41-29-16-13-27(14-17-29)34(40)36-28-15-18-30-31(22-28)43-35(37-30)42-23-32(39)38-33-25(3)20-24(2)21-26(33)4/h13-18,20-22H,5-12,19,23H2,1-4H3,(H,36,40)(H,38,39). The summed E-state index contributed by atoms with van der Waals surface area (Å²) in [6.45, 7) is 9.02. The van der Waals surface area contributed by atoms with Crippen molar-refractivity contribution >= 4 is 56.5 Å². The van der Waals surface area contributed by atoms with Crippen LogP contribution in [0.1, 0.15) is 85.3 Å². The molecule has 1 aromatic heterocycles. The van der Waals surface area contributed by atoms with Gasteiger partial charge in [-0.1, -0.05) is 81.3 Å². The van der Waals surface area contributed by atoms with E-state index < -0.39 is 0 Å². The fourth-order valence-electron chi connectivity index (χ4n) is 5.05. The Morgan fingerprint density at radius 1 is 0.837 bits per heavy atom. The second-order valence-corrected chi connectivity index (χ2v) is 13.3. The van der Waals surface area contributed by atoms with Crippen molar-refractivity contribution in [3.8, 4) is 5.75 Å². The maximum atomic E-state index is 12.9. The number of unbranched alkanes of at least 4 members (excludes halogenated alkanes) is 7. The van der Waals surface area contributed by atoms with Gasteiger partial charge in [0.2, 0.25) is 5.91 Å².